The van der Waals surface area contributed by atoms with Gasteiger partial charge in [-0.25, -0.2) is 8.78 Å². The Hall–Kier alpha value is -1.49. The number of hydrogen-bond acceptors (Lipinski definition) is 2. The van der Waals surface area contributed by atoms with E-state index in [1.165, 1.54) is 12.1 Å². The molecule has 1 heterocycles. The van der Waals surface area contributed by atoms with Crippen LogP contribution in [0.1, 0.15) is 24.3 Å². The van der Waals surface area contributed by atoms with Crippen molar-refractivity contribution in [3.05, 3.63) is 35.4 Å². The number of benzene rings is 1. The minimum absolute atomic E-state index is 0.0763. The first-order valence-electron chi connectivity index (χ1n) is 7.00. The number of amides is 1. The summed E-state index contributed by atoms with van der Waals surface area (Å²) >= 11 is 0. The van der Waals surface area contributed by atoms with Crippen LogP contribution in [0.5, 0.6) is 0 Å². The number of hydrogen-bond donors (Lipinski definition) is 1. The van der Waals surface area contributed by atoms with Crippen LogP contribution < -0.4 is 5.32 Å². The summed E-state index contributed by atoms with van der Waals surface area (Å²) in [6, 6.07) is 3.84. The molecule has 20 heavy (non-hydrogen) atoms. The van der Waals surface area contributed by atoms with Crippen molar-refractivity contribution in [2.45, 2.75) is 24.8 Å². The molecule has 3 nitrogen and oxygen atoms in total. The highest BCUT2D eigenvalue weighted by Gasteiger charge is 2.47. The first kappa shape index (κ1) is 13.5. The van der Waals surface area contributed by atoms with E-state index in [1.807, 2.05) is 7.05 Å². The Bertz CT molecular complexity index is 529. The van der Waals surface area contributed by atoms with Crippen LogP contribution in [-0.2, 0) is 4.79 Å². The molecule has 1 saturated carbocycles. The summed E-state index contributed by atoms with van der Waals surface area (Å²) in [5, 5.41) is 3.23. The molecule has 5 heteroatoms. The molecular formula is C15H18F2N2O. The number of nitrogens with zero attached hydrogens (tertiary/aromatic N) is 1. The van der Waals surface area contributed by atoms with Crippen molar-refractivity contribution < 1.29 is 13.6 Å². The molecule has 1 aliphatic heterocycles. The summed E-state index contributed by atoms with van der Waals surface area (Å²) in [6.07, 6.45) is 1.62. The fourth-order valence-electron chi connectivity index (χ4n) is 3.03. The summed E-state index contributed by atoms with van der Waals surface area (Å²) < 4.78 is 26.6. The van der Waals surface area contributed by atoms with Crippen molar-refractivity contribution in [3.63, 3.8) is 0 Å². The number of carbonyl (C=O) groups excluding carboxylic acids is 1. The first-order valence-corrected chi connectivity index (χ1v) is 7.00. The van der Waals surface area contributed by atoms with E-state index < -0.39 is 11.6 Å². The average Bonchev–Trinajstić information content (AvgIpc) is 3.00. The fraction of sp³-hybridized carbons (Fsp3) is 0.533. The molecule has 1 saturated heterocycles. The van der Waals surface area contributed by atoms with Crippen LogP contribution >= 0.6 is 0 Å². The van der Waals surface area contributed by atoms with Crippen molar-refractivity contribution in [3.8, 4) is 0 Å². The van der Waals surface area contributed by atoms with Crippen LogP contribution in [0.3, 0.4) is 0 Å². The Balaban J connectivity index is 1.67. The molecule has 0 unspecified atom stereocenters. The largest absolute Gasteiger partial charge is 0.341 e. The van der Waals surface area contributed by atoms with Gasteiger partial charge in [0, 0.05) is 31.6 Å². The second-order valence-electron chi connectivity index (χ2n) is 5.71. The number of nitrogens with one attached hydrogen (secondary N) is 1. The van der Waals surface area contributed by atoms with Crippen LogP contribution in [0.4, 0.5) is 8.78 Å². The highest BCUT2D eigenvalue weighted by atomic mass is 19.1. The molecule has 2 aliphatic rings. The van der Waals surface area contributed by atoms with Crippen LogP contribution in [0, 0.1) is 17.6 Å². The zero-order valence-corrected chi connectivity index (χ0v) is 11.4. The standard InChI is InChI=1S/C15H18F2N2O/c1-19(10-4-5-18-8-10)15(20)13-7-12(13)11-3-2-9(16)6-14(11)17/h2-3,6,10,12-13,18H,4-5,7-8H2,1H3/t10-,12-,13-/m1/s1. The number of halogens is 2. The van der Waals surface area contributed by atoms with Gasteiger partial charge in [-0.2, -0.15) is 0 Å². The molecule has 1 N–H and O–H groups in total. The van der Waals surface area contributed by atoms with Gasteiger partial charge in [-0.05, 0) is 36.9 Å². The molecule has 3 atom stereocenters. The van der Waals surface area contributed by atoms with Crippen molar-refractivity contribution in [1.82, 2.24) is 10.2 Å². The second kappa shape index (κ2) is 5.13. The fourth-order valence-corrected chi connectivity index (χ4v) is 3.03. The van der Waals surface area contributed by atoms with Gasteiger partial charge in [0.25, 0.3) is 0 Å². The lowest BCUT2D eigenvalue weighted by atomic mass is 10.1. The highest BCUT2D eigenvalue weighted by molar-refractivity contribution is 5.83. The van der Waals surface area contributed by atoms with E-state index in [2.05, 4.69) is 5.32 Å². The molecule has 108 valence electrons. The Morgan fingerprint density at radius 3 is 2.85 bits per heavy atom. The van der Waals surface area contributed by atoms with E-state index in [4.69, 9.17) is 0 Å². The predicted molar refractivity (Wildman–Crippen MR) is 71.3 cm³/mol. The molecule has 3 rings (SSSR count). The van der Waals surface area contributed by atoms with Crippen LogP contribution in [0.25, 0.3) is 0 Å². The lowest BCUT2D eigenvalue weighted by Crippen LogP contribution is -2.39. The number of rotatable bonds is 3. The predicted octanol–water partition coefficient (Wildman–Crippen LogP) is 1.89. The molecule has 1 aromatic carbocycles. The lowest BCUT2D eigenvalue weighted by molar-refractivity contribution is -0.133. The van der Waals surface area contributed by atoms with Gasteiger partial charge >= 0.3 is 0 Å². The van der Waals surface area contributed by atoms with Gasteiger partial charge in [-0.3, -0.25) is 4.79 Å². The maximum Gasteiger partial charge on any atom is 0.226 e. The number of likely N-dealkylation sites (N-methyl/N-ethyl adjacent to an activating group) is 1. The van der Waals surface area contributed by atoms with Gasteiger partial charge in [0.15, 0.2) is 0 Å². The molecule has 0 aromatic heterocycles. The second-order valence-corrected chi connectivity index (χ2v) is 5.71. The Morgan fingerprint density at radius 2 is 2.20 bits per heavy atom. The van der Waals surface area contributed by atoms with Gasteiger partial charge in [-0.1, -0.05) is 6.07 Å². The molecule has 1 aromatic rings. The minimum atomic E-state index is -0.580. The normalized spacial score (nSPS) is 28.4. The molecule has 0 spiro atoms. The van der Waals surface area contributed by atoms with E-state index in [0.29, 0.717) is 12.0 Å². The zero-order chi connectivity index (χ0) is 14.3. The summed E-state index contributed by atoms with van der Waals surface area (Å²) in [7, 11) is 1.82. The van der Waals surface area contributed by atoms with E-state index in [-0.39, 0.29) is 23.8 Å². The van der Waals surface area contributed by atoms with E-state index in [9.17, 15) is 13.6 Å². The summed E-state index contributed by atoms with van der Waals surface area (Å²) in [6.45, 7) is 1.76. The Morgan fingerprint density at radius 1 is 1.40 bits per heavy atom. The molecule has 2 fully saturated rings. The zero-order valence-electron chi connectivity index (χ0n) is 11.4. The third kappa shape index (κ3) is 2.42. The van der Waals surface area contributed by atoms with Crippen LogP contribution in [0.15, 0.2) is 18.2 Å². The highest BCUT2D eigenvalue weighted by Crippen LogP contribution is 2.49. The minimum Gasteiger partial charge on any atom is -0.341 e. The van der Waals surface area contributed by atoms with Gasteiger partial charge in [0.05, 0.1) is 0 Å². The Labute approximate surface area is 117 Å². The summed E-state index contributed by atoms with van der Waals surface area (Å²) in [4.78, 5) is 14.1. The maximum atomic E-state index is 13.7. The summed E-state index contributed by atoms with van der Waals surface area (Å²) in [5.41, 5.74) is 0.461. The lowest BCUT2D eigenvalue weighted by Gasteiger charge is -2.24. The SMILES string of the molecule is CN(C(=O)[C@@H]1C[C@@H]1c1ccc(F)cc1F)[C@@H]1CCNC1. The monoisotopic (exact) mass is 280 g/mol. The topological polar surface area (TPSA) is 32.3 Å². The molecule has 0 bridgehead atoms. The van der Waals surface area contributed by atoms with Gasteiger partial charge < -0.3 is 10.2 Å². The van der Waals surface area contributed by atoms with Crippen LogP contribution in [-0.4, -0.2) is 37.0 Å². The first-order chi connectivity index (χ1) is 9.58. The molecular weight excluding hydrogens is 262 g/mol. The van der Waals surface area contributed by atoms with Gasteiger partial charge in [-0.15, -0.1) is 0 Å². The Kier molecular flexibility index (Phi) is 3.46. The van der Waals surface area contributed by atoms with Crippen molar-refractivity contribution in [2.24, 2.45) is 5.92 Å². The molecule has 1 amide bonds. The van der Waals surface area contributed by atoms with Crippen molar-refractivity contribution in [2.75, 3.05) is 20.1 Å². The van der Waals surface area contributed by atoms with Gasteiger partial charge in [0.1, 0.15) is 11.6 Å². The molecule has 0 radical (unpaired) electrons. The summed E-state index contributed by atoms with van der Waals surface area (Å²) in [5.74, 6) is -1.30. The van der Waals surface area contributed by atoms with E-state index in [1.54, 1.807) is 4.90 Å². The van der Waals surface area contributed by atoms with Crippen molar-refractivity contribution >= 4 is 5.91 Å². The molecule has 1 aliphatic carbocycles. The van der Waals surface area contributed by atoms with Gasteiger partial charge in [0.2, 0.25) is 5.91 Å². The third-order valence-electron chi connectivity index (χ3n) is 4.40. The van der Waals surface area contributed by atoms with Crippen molar-refractivity contribution in [1.29, 1.82) is 0 Å². The van der Waals surface area contributed by atoms with E-state index in [0.717, 1.165) is 25.6 Å². The number of carbonyl (C=O) groups is 1. The van der Waals surface area contributed by atoms with E-state index >= 15 is 0 Å². The third-order valence-corrected chi connectivity index (χ3v) is 4.40. The van der Waals surface area contributed by atoms with Crippen LogP contribution in [0.2, 0.25) is 0 Å². The quantitative estimate of drug-likeness (QED) is 0.917. The maximum absolute atomic E-state index is 13.7. The smallest absolute Gasteiger partial charge is 0.226 e. The average molecular weight is 280 g/mol.